The zero-order chi connectivity index (χ0) is 11.6. The topological polar surface area (TPSA) is 60.2 Å². The summed E-state index contributed by atoms with van der Waals surface area (Å²) in [5.41, 5.74) is 8.14. The number of nitrogens with one attached hydrogen (secondary N) is 1. The van der Waals surface area contributed by atoms with Crippen LogP contribution in [0.4, 0.5) is 0 Å². The summed E-state index contributed by atoms with van der Waals surface area (Å²) in [5.74, 6) is 0. The largest absolute Gasteiger partial charge is 0.398 e. The highest BCUT2D eigenvalue weighted by molar-refractivity contribution is 5.78. The van der Waals surface area contributed by atoms with Crippen molar-refractivity contribution in [2.24, 2.45) is 5.73 Å². The van der Waals surface area contributed by atoms with Crippen molar-refractivity contribution in [2.45, 2.75) is 12.6 Å². The minimum Gasteiger partial charge on any atom is -0.398 e. The molecule has 2 heterocycles. The Balaban J connectivity index is 2.48. The molecule has 1 aromatic rings. The third-order valence-electron chi connectivity index (χ3n) is 2.81. The van der Waals surface area contributed by atoms with Crippen LogP contribution in [0.25, 0.3) is 5.57 Å². The van der Waals surface area contributed by atoms with Crippen LogP contribution in [0.1, 0.15) is 12.5 Å². The maximum atomic E-state index is 6.12. The number of nitrogens with two attached hydrogens (primary N) is 1. The Labute approximate surface area is 94.8 Å². The van der Waals surface area contributed by atoms with Crippen LogP contribution in [0, 0.1) is 0 Å². The molecule has 2 rings (SSSR count). The van der Waals surface area contributed by atoms with Crippen molar-refractivity contribution in [3.8, 4) is 0 Å². The molecule has 1 aliphatic rings. The molecule has 3 N–H and O–H groups in total. The molecule has 0 amide bonds. The number of allylic oxidation sites excluding steroid dienone is 2. The van der Waals surface area contributed by atoms with E-state index in [0.29, 0.717) is 5.70 Å². The van der Waals surface area contributed by atoms with Crippen LogP contribution in [0.3, 0.4) is 0 Å². The second-order valence-electron chi connectivity index (χ2n) is 3.78. The van der Waals surface area contributed by atoms with E-state index in [1.807, 2.05) is 31.3 Å². The summed E-state index contributed by atoms with van der Waals surface area (Å²) in [5, 5.41) is 3.09. The van der Waals surface area contributed by atoms with Crippen LogP contribution in [0.2, 0.25) is 0 Å². The first-order chi connectivity index (χ1) is 7.67. The predicted molar refractivity (Wildman–Crippen MR) is 63.0 cm³/mol. The van der Waals surface area contributed by atoms with Gasteiger partial charge in [0.15, 0.2) is 5.72 Å². The lowest BCUT2D eigenvalue weighted by Crippen LogP contribution is -2.47. The Bertz CT molecular complexity index is 439. The molecule has 0 fully saturated rings. The molecule has 1 aromatic heterocycles. The van der Waals surface area contributed by atoms with E-state index in [9.17, 15) is 0 Å². The molecule has 0 aromatic carbocycles. The van der Waals surface area contributed by atoms with Gasteiger partial charge in [-0.2, -0.15) is 0 Å². The summed E-state index contributed by atoms with van der Waals surface area (Å²) in [4.78, 5) is 3.99. The molecule has 0 spiro atoms. The van der Waals surface area contributed by atoms with Gasteiger partial charge in [0.1, 0.15) is 0 Å². The normalized spacial score (nSPS) is 24.4. The zero-order valence-corrected chi connectivity index (χ0v) is 9.40. The van der Waals surface area contributed by atoms with Crippen molar-refractivity contribution in [1.82, 2.24) is 10.3 Å². The van der Waals surface area contributed by atoms with Crippen molar-refractivity contribution < 1.29 is 4.74 Å². The molecule has 4 nitrogen and oxygen atoms in total. The number of pyridine rings is 1. The smallest absolute Gasteiger partial charge is 0.176 e. The van der Waals surface area contributed by atoms with Crippen molar-refractivity contribution in [2.75, 3.05) is 7.11 Å². The SMILES string of the molecule is COC1(C)NC=CC(c2ccncc2)=C1N. The van der Waals surface area contributed by atoms with Crippen molar-refractivity contribution in [3.05, 3.63) is 48.1 Å². The fourth-order valence-electron chi connectivity index (χ4n) is 1.66. The fraction of sp³-hybridized carbons (Fsp3) is 0.250. The van der Waals surface area contributed by atoms with Gasteiger partial charge in [-0.3, -0.25) is 4.98 Å². The number of methoxy groups -OCH3 is 1. The third kappa shape index (κ3) is 1.67. The van der Waals surface area contributed by atoms with E-state index in [-0.39, 0.29) is 0 Å². The lowest BCUT2D eigenvalue weighted by atomic mass is 9.97. The first kappa shape index (κ1) is 10.7. The first-order valence-electron chi connectivity index (χ1n) is 5.07. The van der Waals surface area contributed by atoms with E-state index in [0.717, 1.165) is 11.1 Å². The molecule has 0 aliphatic carbocycles. The second-order valence-corrected chi connectivity index (χ2v) is 3.78. The summed E-state index contributed by atoms with van der Waals surface area (Å²) in [7, 11) is 1.63. The van der Waals surface area contributed by atoms with Crippen LogP contribution >= 0.6 is 0 Å². The highest BCUT2D eigenvalue weighted by atomic mass is 16.5. The Morgan fingerprint density at radius 2 is 2.06 bits per heavy atom. The number of hydrogen-bond donors (Lipinski definition) is 2. The summed E-state index contributed by atoms with van der Waals surface area (Å²) in [6.45, 7) is 1.90. The van der Waals surface area contributed by atoms with Crippen LogP contribution in [0.15, 0.2) is 42.5 Å². The molecule has 0 radical (unpaired) electrons. The molecular formula is C12H15N3O. The Hall–Kier alpha value is -1.81. The average molecular weight is 217 g/mol. The van der Waals surface area contributed by atoms with E-state index < -0.39 is 5.72 Å². The lowest BCUT2D eigenvalue weighted by Gasteiger charge is -2.33. The van der Waals surface area contributed by atoms with Gasteiger partial charge in [-0.1, -0.05) is 0 Å². The van der Waals surface area contributed by atoms with Crippen molar-refractivity contribution >= 4 is 5.57 Å². The maximum Gasteiger partial charge on any atom is 0.176 e. The summed E-state index contributed by atoms with van der Waals surface area (Å²) in [6, 6.07) is 3.85. The maximum absolute atomic E-state index is 6.12. The summed E-state index contributed by atoms with van der Waals surface area (Å²) in [6.07, 6.45) is 7.27. The Kier molecular flexibility index (Phi) is 2.66. The van der Waals surface area contributed by atoms with E-state index in [2.05, 4.69) is 10.3 Å². The number of hydrogen-bond acceptors (Lipinski definition) is 4. The summed E-state index contributed by atoms with van der Waals surface area (Å²) >= 11 is 0. The molecule has 0 bridgehead atoms. The lowest BCUT2D eigenvalue weighted by molar-refractivity contribution is 0.0186. The van der Waals surface area contributed by atoms with Crippen LogP contribution in [-0.4, -0.2) is 17.8 Å². The third-order valence-corrected chi connectivity index (χ3v) is 2.81. The number of dihydropyridines is 1. The molecular weight excluding hydrogens is 202 g/mol. The quantitative estimate of drug-likeness (QED) is 0.782. The van der Waals surface area contributed by atoms with Crippen LogP contribution in [-0.2, 0) is 4.74 Å². The van der Waals surface area contributed by atoms with Gasteiger partial charge in [-0.25, -0.2) is 0 Å². The van der Waals surface area contributed by atoms with Gasteiger partial charge in [-0.15, -0.1) is 0 Å². The van der Waals surface area contributed by atoms with Gasteiger partial charge < -0.3 is 15.8 Å². The highest BCUT2D eigenvalue weighted by Crippen LogP contribution is 2.27. The molecule has 16 heavy (non-hydrogen) atoms. The van der Waals surface area contributed by atoms with Gasteiger partial charge >= 0.3 is 0 Å². The minimum atomic E-state index is -0.645. The monoisotopic (exact) mass is 217 g/mol. The number of nitrogens with zero attached hydrogens (tertiary/aromatic N) is 1. The minimum absolute atomic E-state index is 0.645. The van der Waals surface area contributed by atoms with Gasteiger partial charge in [0.05, 0.1) is 5.70 Å². The van der Waals surface area contributed by atoms with E-state index in [1.54, 1.807) is 19.5 Å². The standard InChI is InChI=1S/C12H15N3O/c1-12(16-2)11(13)10(5-8-15-12)9-3-6-14-7-4-9/h3-8,15H,13H2,1-2H3. The zero-order valence-electron chi connectivity index (χ0n) is 9.40. The Morgan fingerprint density at radius 3 is 2.69 bits per heavy atom. The van der Waals surface area contributed by atoms with Gasteiger partial charge in [0.2, 0.25) is 0 Å². The predicted octanol–water partition coefficient (Wildman–Crippen LogP) is 1.23. The number of ether oxygens (including phenoxy) is 1. The summed E-state index contributed by atoms with van der Waals surface area (Å²) < 4.78 is 5.38. The fourth-order valence-corrected chi connectivity index (χ4v) is 1.66. The van der Waals surface area contributed by atoms with Crippen molar-refractivity contribution in [1.29, 1.82) is 0 Å². The molecule has 1 atom stereocenters. The average Bonchev–Trinajstić information content (AvgIpc) is 2.34. The van der Waals surface area contributed by atoms with E-state index in [4.69, 9.17) is 10.5 Å². The number of rotatable bonds is 2. The molecule has 84 valence electrons. The Morgan fingerprint density at radius 1 is 1.38 bits per heavy atom. The van der Waals surface area contributed by atoms with Crippen molar-refractivity contribution in [3.63, 3.8) is 0 Å². The molecule has 1 aliphatic heterocycles. The molecule has 0 saturated carbocycles. The van der Waals surface area contributed by atoms with E-state index >= 15 is 0 Å². The van der Waals surface area contributed by atoms with Gasteiger partial charge in [0.25, 0.3) is 0 Å². The van der Waals surface area contributed by atoms with Gasteiger partial charge in [0, 0.05) is 25.1 Å². The van der Waals surface area contributed by atoms with Crippen LogP contribution in [0.5, 0.6) is 0 Å². The first-order valence-corrected chi connectivity index (χ1v) is 5.07. The second kappa shape index (κ2) is 3.98. The highest BCUT2D eigenvalue weighted by Gasteiger charge is 2.30. The molecule has 4 heteroatoms. The van der Waals surface area contributed by atoms with Crippen LogP contribution < -0.4 is 11.1 Å². The number of aromatic nitrogens is 1. The van der Waals surface area contributed by atoms with Gasteiger partial charge in [-0.05, 0) is 36.9 Å². The van der Waals surface area contributed by atoms with E-state index in [1.165, 1.54) is 0 Å². The molecule has 1 unspecified atom stereocenters. The molecule has 0 saturated heterocycles.